The van der Waals surface area contributed by atoms with Crippen LogP contribution in [0.2, 0.25) is 0 Å². The van der Waals surface area contributed by atoms with E-state index < -0.39 is 0 Å². The first-order valence-electron chi connectivity index (χ1n) is 6.38. The highest BCUT2D eigenvalue weighted by molar-refractivity contribution is 5.75. The van der Waals surface area contributed by atoms with Crippen molar-refractivity contribution in [3.8, 4) is 11.8 Å². The molecule has 0 bridgehead atoms. The third-order valence-electron chi connectivity index (χ3n) is 2.43. The van der Waals surface area contributed by atoms with E-state index in [1.807, 2.05) is 31.2 Å². The molecule has 0 saturated heterocycles. The van der Waals surface area contributed by atoms with Gasteiger partial charge in [0.15, 0.2) is 0 Å². The first-order chi connectivity index (χ1) is 9.26. The van der Waals surface area contributed by atoms with Crippen molar-refractivity contribution in [3.63, 3.8) is 0 Å². The van der Waals surface area contributed by atoms with E-state index in [0.717, 1.165) is 11.1 Å². The van der Waals surface area contributed by atoms with E-state index in [2.05, 4.69) is 17.2 Å². The largest absolute Gasteiger partial charge is 0.381 e. The first kappa shape index (κ1) is 15.2. The van der Waals surface area contributed by atoms with Gasteiger partial charge in [0.2, 0.25) is 5.91 Å². The maximum absolute atomic E-state index is 11.5. The van der Waals surface area contributed by atoms with Crippen LogP contribution < -0.4 is 11.1 Å². The van der Waals surface area contributed by atoms with E-state index in [4.69, 9.17) is 10.5 Å². The van der Waals surface area contributed by atoms with E-state index in [9.17, 15) is 4.79 Å². The zero-order valence-electron chi connectivity index (χ0n) is 11.2. The Morgan fingerprint density at radius 3 is 3.05 bits per heavy atom. The summed E-state index contributed by atoms with van der Waals surface area (Å²) in [5.74, 6) is 5.76. The highest BCUT2D eigenvalue weighted by Gasteiger charge is 2.01. The van der Waals surface area contributed by atoms with Gasteiger partial charge in [0.1, 0.15) is 0 Å². The molecule has 4 heteroatoms. The van der Waals surface area contributed by atoms with Crippen LogP contribution in [0.4, 0.5) is 0 Å². The van der Waals surface area contributed by atoms with Crippen molar-refractivity contribution >= 4 is 5.91 Å². The Morgan fingerprint density at radius 1 is 1.47 bits per heavy atom. The van der Waals surface area contributed by atoms with Crippen LogP contribution in [0.5, 0.6) is 0 Å². The molecule has 102 valence electrons. The van der Waals surface area contributed by atoms with Crippen molar-refractivity contribution in [2.24, 2.45) is 5.73 Å². The number of benzene rings is 1. The number of hydrogen-bond acceptors (Lipinski definition) is 3. The normalized spacial score (nSPS) is 9.58. The van der Waals surface area contributed by atoms with Crippen LogP contribution in [0.15, 0.2) is 24.3 Å². The average Bonchev–Trinajstić information content (AvgIpc) is 2.44. The van der Waals surface area contributed by atoms with Crippen LogP contribution >= 0.6 is 0 Å². The van der Waals surface area contributed by atoms with Gasteiger partial charge >= 0.3 is 0 Å². The molecular weight excluding hydrogens is 240 g/mol. The Bertz CT molecular complexity index is 461. The molecule has 1 aromatic carbocycles. The van der Waals surface area contributed by atoms with Crippen molar-refractivity contribution in [1.82, 2.24) is 5.32 Å². The summed E-state index contributed by atoms with van der Waals surface area (Å²) in [5.41, 5.74) is 7.26. The molecule has 1 aromatic rings. The van der Waals surface area contributed by atoms with Crippen LogP contribution in [0.1, 0.15) is 24.5 Å². The van der Waals surface area contributed by atoms with Crippen LogP contribution in [0, 0.1) is 11.8 Å². The maximum Gasteiger partial charge on any atom is 0.222 e. The molecule has 0 aliphatic carbocycles. The number of nitrogens with one attached hydrogen (secondary N) is 1. The lowest BCUT2D eigenvalue weighted by Gasteiger charge is -2.06. The average molecular weight is 260 g/mol. The van der Waals surface area contributed by atoms with Crippen LogP contribution in [0.25, 0.3) is 0 Å². The summed E-state index contributed by atoms with van der Waals surface area (Å²) in [6.45, 7) is 3.85. The number of hydrogen-bond donors (Lipinski definition) is 2. The molecule has 1 amide bonds. The first-order valence-corrected chi connectivity index (χ1v) is 6.38. The van der Waals surface area contributed by atoms with Gasteiger partial charge in [0.05, 0.1) is 13.2 Å². The Morgan fingerprint density at radius 2 is 2.32 bits per heavy atom. The minimum absolute atomic E-state index is 0.00750. The summed E-state index contributed by atoms with van der Waals surface area (Å²) in [6.07, 6.45) is 0.389. The summed E-state index contributed by atoms with van der Waals surface area (Å²) in [5, 5.41) is 2.85. The van der Waals surface area contributed by atoms with Gasteiger partial charge in [0.25, 0.3) is 0 Å². The van der Waals surface area contributed by atoms with Gasteiger partial charge in [-0.05, 0) is 24.6 Å². The zero-order chi connectivity index (χ0) is 13.9. The number of ether oxygens (including phenoxy) is 1. The maximum atomic E-state index is 11.5. The number of nitrogens with two attached hydrogens (primary N) is 1. The molecule has 0 heterocycles. The Kier molecular flexibility index (Phi) is 7.33. The molecule has 0 aromatic heterocycles. The lowest BCUT2D eigenvalue weighted by Crippen LogP contribution is -2.23. The fourth-order valence-corrected chi connectivity index (χ4v) is 1.51. The zero-order valence-corrected chi connectivity index (χ0v) is 11.2. The summed E-state index contributed by atoms with van der Waals surface area (Å²) in [6, 6.07) is 7.74. The molecule has 0 radical (unpaired) electrons. The topological polar surface area (TPSA) is 64.3 Å². The summed E-state index contributed by atoms with van der Waals surface area (Å²) in [4.78, 5) is 11.5. The van der Waals surface area contributed by atoms with Crippen molar-refractivity contribution in [2.45, 2.75) is 19.9 Å². The fraction of sp³-hybridized carbons (Fsp3) is 0.400. The predicted molar refractivity (Wildman–Crippen MR) is 75.3 cm³/mol. The van der Waals surface area contributed by atoms with Crippen molar-refractivity contribution < 1.29 is 9.53 Å². The molecule has 4 nitrogen and oxygen atoms in total. The van der Waals surface area contributed by atoms with Crippen molar-refractivity contribution in [2.75, 3.05) is 19.8 Å². The quantitative estimate of drug-likeness (QED) is 0.593. The molecule has 0 unspecified atom stereocenters. The molecule has 0 atom stereocenters. The van der Waals surface area contributed by atoms with E-state index >= 15 is 0 Å². The molecule has 0 aliphatic rings. The monoisotopic (exact) mass is 260 g/mol. The second-order valence-electron chi connectivity index (χ2n) is 3.93. The molecule has 1 rings (SSSR count). The highest BCUT2D eigenvalue weighted by atomic mass is 16.5. The Hall–Kier alpha value is -1.83. The summed E-state index contributed by atoms with van der Waals surface area (Å²) >= 11 is 0. The standard InChI is InChI=1S/C15H20N2O2/c1-2-19-10-8-15(18)17-12-14-6-3-5-13(11-14)7-4-9-16/h3,5-6,11H,2,8-10,12,16H2,1H3,(H,17,18). The van der Waals surface area contributed by atoms with E-state index in [1.54, 1.807) is 0 Å². The van der Waals surface area contributed by atoms with Gasteiger partial charge in [-0.2, -0.15) is 0 Å². The van der Waals surface area contributed by atoms with E-state index in [0.29, 0.717) is 32.7 Å². The molecule has 0 saturated carbocycles. The van der Waals surface area contributed by atoms with E-state index in [1.165, 1.54) is 0 Å². The molecule has 0 fully saturated rings. The highest BCUT2D eigenvalue weighted by Crippen LogP contribution is 2.03. The Labute approximate surface area is 114 Å². The summed E-state index contributed by atoms with van der Waals surface area (Å²) in [7, 11) is 0. The van der Waals surface area contributed by atoms with Crippen LogP contribution in [-0.2, 0) is 16.1 Å². The third kappa shape index (κ3) is 6.61. The molecule has 3 N–H and O–H groups in total. The predicted octanol–water partition coefficient (Wildman–Crippen LogP) is 1.04. The second-order valence-corrected chi connectivity index (χ2v) is 3.93. The summed E-state index contributed by atoms with van der Waals surface area (Å²) < 4.78 is 5.13. The SMILES string of the molecule is CCOCCC(=O)NCc1cccc(C#CCN)c1. The van der Waals surface area contributed by atoms with Gasteiger partial charge in [-0.25, -0.2) is 0 Å². The van der Waals surface area contributed by atoms with Gasteiger partial charge in [0, 0.05) is 25.1 Å². The molecule has 0 aliphatic heterocycles. The number of amides is 1. The van der Waals surface area contributed by atoms with Crippen LogP contribution in [0.3, 0.4) is 0 Å². The molecular formula is C15H20N2O2. The lowest BCUT2D eigenvalue weighted by molar-refractivity contribution is -0.122. The van der Waals surface area contributed by atoms with Crippen molar-refractivity contribution in [1.29, 1.82) is 0 Å². The molecule has 19 heavy (non-hydrogen) atoms. The van der Waals surface area contributed by atoms with E-state index in [-0.39, 0.29) is 5.91 Å². The number of carbonyl (C=O) groups is 1. The minimum atomic E-state index is -0.00750. The molecule has 0 spiro atoms. The number of rotatable bonds is 6. The third-order valence-corrected chi connectivity index (χ3v) is 2.43. The smallest absolute Gasteiger partial charge is 0.222 e. The van der Waals surface area contributed by atoms with Gasteiger partial charge < -0.3 is 15.8 Å². The lowest BCUT2D eigenvalue weighted by atomic mass is 10.1. The van der Waals surface area contributed by atoms with Gasteiger partial charge in [-0.3, -0.25) is 4.79 Å². The minimum Gasteiger partial charge on any atom is -0.381 e. The fourth-order valence-electron chi connectivity index (χ4n) is 1.51. The van der Waals surface area contributed by atoms with Gasteiger partial charge in [-0.1, -0.05) is 24.0 Å². The number of carbonyl (C=O) groups excluding carboxylic acids is 1. The Balaban J connectivity index is 2.42. The van der Waals surface area contributed by atoms with Crippen molar-refractivity contribution in [3.05, 3.63) is 35.4 Å². The van der Waals surface area contributed by atoms with Gasteiger partial charge in [-0.15, -0.1) is 0 Å². The second kappa shape index (κ2) is 9.15. The van der Waals surface area contributed by atoms with Crippen LogP contribution in [-0.4, -0.2) is 25.7 Å².